The monoisotopic (exact) mass is 319 g/mol. The van der Waals surface area contributed by atoms with Crippen molar-refractivity contribution in [3.8, 4) is 5.75 Å². The van der Waals surface area contributed by atoms with Crippen LogP contribution in [0.25, 0.3) is 0 Å². The first-order valence-corrected chi connectivity index (χ1v) is 8.41. The molecule has 1 aliphatic rings. The van der Waals surface area contributed by atoms with Crippen molar-refractivity contribution in [3.63, 3.8) is 0 Å². The minimum atomic E-state index is -0.104. The third-order valence-corrected chi connectivity index (χ3v) is 4.52. The van der Waals surface area contributed by atoms with Gasteiger partial charge in [-0.2, -0.15) is 0 Å². The molecule has 128 valence electrons. The lowest BCUT2D eigenvalue weighted by Gasteiger charge is -2.35. The van der Waals surface area contributed by atoms with E-state index in [0.717, 1.165) is 30.8 Å². The number of nitrogens with one attached hydrogen (secondary N) is 2. The molecule has 1 aromatic carbocycles. The van der Waals surface area contributed by atoms with Crippen molar-refractivity contribution in [2.75, 3.05) is 33.3 Å². The molecular formula is C18H29N3O2. The van der Waals surface area contributed by atoms with E-state index in [1.807, 2.05) is 24.3 Å². The van der Waals surface area contributed by atoms with Crippen LogP contribution in [0.3, 0.4) is 0 Å². The lowest BCUT2D eigenvalue weighted by Crippen LogP contribution is -2.52. The van der Waals surface area contributed by atoms with Gasteiger partial charge in [0, 0.05) is 18.6 Å². The third kappa shape index (κ3) is 5.13. The molecule has 1 aromatic rings. The number of nitrogens with zero attached hydrogens (tertiary/aromatic N) is 1. The van der Waals surface area contributed by atoms with E-state index < -0.39 is 0 Å². The fraction of sp³-hybridized carbons (Fsp3) is 0.611. The van der Waals surface area contributed by atoms with Gasteiger partial charge in [-0.05, 0) is 57.8 Å². The van der Waals surface area contributed by atoms with Crippen molar-refractivity contribution < 1.29 is 9.53 Å². The first-order chi connectivity index (χ1) is 11.0. The maximum absolute atomic E-state index is 12.0. The average molecular weight is 319 g/mol. The van der Waals surface area contributed by atoms with Crippen LogP contribution in [0.2, 0.25) is 0 Å². The lowest BCUT2D eigenvalue weighted by molar-refractivity contribution is 0.152. The van der Waals surface area contributed by atoms with Gasteiger partial charge in [0.15, 0.2) is 0 Å². The summed E-state index contributed by atoms with van der Waals surface area (Å²) in [5, 5.41) is 5.91. The quantitative estimate of drug-likeness (QED) is 0.811. The van der Waals surface area contributed by atoms with Crippen LogP contribution in [0, 0.1) is 0 Å². The van der Waals surface area contributed by atoms with Crippen molar-refractivity contribution in [2.24, 2.45) is 0 Å². The average Bonchev–Trinajstić information content (AvgIpc) is 3.09. The fourth-order valence-corrected chi connectivity index (χ4v) is 3.01. The first-order valence-electron chi connectivity index (χ1n) is 8.41. The number of hydrogen-bond donors (Lipinski definition) is 2. The topological polar surface area (TPSA) is 53.6 Å². The van der Waals surface area contributed by atoms with E-state index in [1.165, 1.54) is 12.8 Å². The molecule has 2 amide bonds. The van der Waals surface area contributed by atoms with Gasteiger partial charge >= 0.3 is 6.03 Å². The van der Waals surface area contributed by atoms with Crippen LogP contribution in [-0.2, 0) is 6.42 Å². The van der Waals surface area contributed by atoms with Crippen molar-refractivity contribution in [3.05, 3.63) is 29.8 Å². The smallest absolute Gasteiger partial charge is 0.314 e. The Morgan fingerprint density at radius 1 is 1.22 bits per heavy atom. The Morgan fingerprint density at radius 2 is 1.91 bits per heavy atom. The number of rotatable bonds is 7. The fourth-order valence-electron chi connectivity index (χ4n) is 3.01. The highest BCUT2D eigenvalue weighted by Gasteiger charge is 2.29. The molecule has 23 heavy (non-hydrogen) atoms. The molecular weight excluding hydrogens is 290 g/mol. The first kappa shape index (κ1) is 17.6. The van der Waals surface area contributed by atoms with Crippen LogP contribution in [0.15, 0.2) is 24.3 Å². The molecule has 0 unspecified atom stereocenters. The molecule has 0 aliphatic carbocycles. The summed E-state index contributed by atoms with van der Waals surface area (Å²) in [4.78, 5) is 14.4. The summed E-state index contributed by atoms with van der Waals surface area (Å²) in [6, 6.07) is 7.79. The molecule has 1 saturated heterocycles. The number of carbonyl (C=O) groups excluding carboxylic acids is 1. The van der Waals surface area contributed by atoms with Gasteiger partial charge in [-0.25, -0.2) is 4.79 Å². The predicted octanol–water partition coefficient (Wildman–Crippen LogP) is 2.41. The third-order valence-electron chi connectivity index (χ3n) is 4.52. The highest BCUT2D eigenvalue weighted by molar-refractivity contribution is 5.73. The van der Waals surface area contributed by atoms with Crippen LogP contribution in [0.5, 0.6) is 5.75 Å². The summed E-state index contributed by atoms with van der Waals surface area (Å²) in [5.41, 5.74) is 1.11. The normalized spacial score (nSPS) is 15.4. The van der Waals surface area contributed by atoms with Crippen molar-refractivity contribution >= 4 is 6.03 Å². The molecule has 1 heterocycles. The Labute approximate surface area is 139 Å². The summed E-state index contributed by atoms with van der Waals surface area (Å²) in [7, 11) is 1.67. The van der Waals surface area contributed by atoms with Gasteiger partial charge in [-0.1, -0.05) is 18.2 Å². The number of benzene rings is 1. The SMILES string of the molecule is COc1ccccc1CCNC(=O)NCC(C)(C)N1CCCC1. The number of urea groups is 1. The Morgan fingerprint density at radius 3 is 2.61 bits per heavy atom. The molecule has 0 saturated carbocycles. The maximum atomic E-state index is 12.0. The second-order valence-corrected chi connectivity index (χ2v) is 6.68. The van der Waals surface area contributed by atoms with Crippen molar-refractivity contribution in [1.29, 1.82) is 0 Å². The standard InChI is InChI=1S/C18H29N3O2/c1-18(2,21-12-6-7-13-21)14-20-17(22)19-11-10-15-8-4-5-9-16(15)23-3/h4-5,8-9H,6-7,10-14H2,1-3H3,(H2,19,20,22). The van der Waals surface area contributed by atoms with Gasteiger partial charge in [0.25, 0.3) is 0 Å². The predicted molar refractivity (Wildman–Crippen MR) is 93.0 cm³/mol. The Balaban J connectivity index is 1.71. The van der Waals surface area contributed by atoms with E-state index in [2.05, 4.69) is 29.4 Å². The minimum Gasteiger partial charge on any atom is -0.496 e. The minimum absolute atomic E-state index is 0.0104. The Bertz CT molecular complexity index is 511. The Kier molecular flexibility index (Phi) is 6.28. The van der Waals surface area contributed by atoms with Crippen LogP contribution < -0.4 is 15.4 Å². The van der Waals surface area contributed by atoms with Gasteiger partial charge in [-0.15, -0.1) is 0 Å². The summed E-state index contributed by atoms with van der Waals surface area (Å²) < 4.78 is 5.32. The highest BCUT2D eigenvalue weighted by atomic mass is 16.5. The molecule has 5 nitrogen and oxygen atoms in total. The van der Waals surface area contributed by atoms with E-state index in [9.17, 15) is 4.79 Å². The summed E-state index contributed by atoms with van der Waals surface area (Å²) in [5.74, 6) is 0.866. The zero-order valence-corrected chi connectivity index (χ0v) is 14.5. The summed E-state index contributed by atoms with van der Waals surface area (Å²) in [6.07, 6.45) is 3.27. The van der Waals surface area contributed by atoms with Gasteiger partial charge < -0.3 is 15.4 Å². The maximum Gasteiger partial charge on any atom is 0.314 e. The summed E-state index contributed by atoms with van der Waals surface area (Å²) >= 11 is 0. The molecule has 0 aromatic heterocycles. The van der Waals surface area contributed by atoms with Crippen LogP contribution in [-0.4, -0.2) is 49.8 Å². The number of ether oxygens (including phenoxy) is 1. The van der Waals surface area contributed by atoms with E-state index in [1.54, 1.807) is 7.11 Å². The number of likely N-dealkylation sites (tertiary alicyclic amines) is 1. The molecule has 0 atom stereocenters. The van der Waals surface area contributed by atoms with Gasteiger partial charge in [-0.3, -0.25) is 4.90 Å². The van der Waals surface area contributed by atoms with E-state index in [-0.39, 0.29) is 11.6 Å². The van der Waals surface area contributed by atoms with Crippen LogP contribution in [0.4, 0.5) is 4.79 Å². The van der Waals surface area contributed by atoms with Gasteiger partial charge in [0.2, 0.25) is 0 Å². The largest absolute Gasteiger partial charge is 0.496 e. The molecule has 2 N–H and O–H groups in total. The molecule has 0 radical (unpaired) electrons. The molecule has 1 fully saturated rings. The van der Waals surface area contributed by atoms with Gasteiger partial charge in [0.05, 0.1) is 7.11 Å². The molecule has 5 heteroatoms. The lowest BCUT2D eigenvalue weighted by atomic mass is 10.0. The molecule has 1 aliphatic heterocycles. The van der Waals surface area contributed by atoms with Crippen LogP contribution >= 0.6 is 0 Å². The number of amides is 2. The molecule has 0 spiro atoms. The van der Waals surface area contributed by atoms with Crippen LogP contribution in [0.1, 0.15) is 32.3 Å². The van der Waals surface area contributed by atoms with E-state index in [0.29, 0.717) is 13.1 Å². The zero-order valence-electron chi connectivity index (χ0n) is 14.5. The number of para-hydroxylation sites is 1. The van der Waals surface area contributed by atoms with E-state index in [4.69, 9.17) is 4.74 Å². The second kappa shape index (κ2) is 8.20. The zero-order chi connectivity index (χ0) is 16.7. The highest BCUT2D eigenvalue weighted by Crippen LogP contribution is 2.20. The summed E-state index contributed by atoms with van der Waals surface area (Å²) in [6.45, 7) is 7.89. The molecule has 2 rings (SSSR count). The number of carbonyl (C=O) groups is 1. The molecule has 0 bridgehead atoms. The Hall–Kier alpha value is -1.75. The number of methoxy groups -OCH3 is 1. The van der Waals surface area contributed by atoms with Gasteiger partial charge in [0.1, 0.15) is 5.75 Å². The second-order valence-electron chi connectivity index (χ2n) is 6.68. The van der Waals surface area contributed by atoms with Crippen molar-refractivity contribution in [1.82, 2.24) is 15.5 Å². The van der Waals surface area contributed by atoms with E-state index >= 15 is 0 Å². The van der Waals surface area contributed by atoms with Crippen molar-refractivity contribution in [2.45, 2.75) is 38.6 Å². The number of hydrogen-bond acceptors (Lipinski definition) is 3.